The maximum atomic E-state index is 13.7. The Morgan fingerprint density at radius 3 is 2.14 bits per heavy atom. The van der Waals surface area contributed by atoms with Gasteiger partial charge in [-0.3, -0.25) is 4.79 Å². The molecule has 0 bridgehead atoms. The van der Waals surface area contributed by atoms with Crippen molar-refractivity contribution in [3.63, 3.8) is 0 Å². The lowest BCUT2D eigenvalue weighted by Gasteiger charge is -2.14. The van der Waals surface area contributed by atoms with Crippen LogP contribution in [0, 0.1) is 18.6 Å². The molecular formula is C28H45BrF2N2O2. The zero-order chi connectivity index (χ0) is 27.8. The molecule has 0 aliphatic rings. The highest BCUT2D eigenvalue weighted by Gasteiger charge is 2.13. The van der Waals surface area contributed by atoms with Crippen LogP contribution >= 0.6 is 15.9 Å². The Labute approximate surface area is 220 Å². The fourth-order valence-electron chi connectivity index (χ4n) is 2.38. The van der Waals surface area contributed by atoms with Crippen LogP contribution in [0.3, 0.4) is 0 Å². The molecule has 200 valence electrons. The van der Waals surface area contributed by atoms with E-state index in [1.165, 1.54) is 12.1 Å². The van der Waals surface area contributed by atoms with Crippen molar-refractivity contribution in [1.29, 1.82) is 0 Å². The number of pyridine rings is 1. The molecule has 0 aliphatic carbocycles. The van der Waals surface area contributed by atoms with Gasteiger partial charge in [0.15, 0.2) is 0 Å². The van der Waals surface area contributed by atoms with Crippen LogP contribution in [0.15, 0.2) is 58.3 Å². The van der Waals surface area contributed by atoms with Crippen molar-refractivity contribution < 1.29 is 13.5 Å². The number of allylic oxidation sites excluding steroid dienone is 3. The molecule has 4 nitrogen and oxygen atoms in total. The van der Waals surface area contributed by atoms with E-state index in [1.807, 2.05) is 54.5 Å². The minimum atomic E-state index is -0.677. The Kier molecular flexibility index (Phi) is 26.5. The molecule has 0 amide bonds. The van der Waals surface area contributed by atoms with Gasteiger partial charge in [0.2, 0.25) is 0 Å². The first kappa shape index (κ1) is 37.3. The largest absolute Gasteiger partial charge is 0.487 e. The molecule has 1 aromatic heterocycles. The summed E-state index contributed by atoms with van der Waals surface area (Å²) in [6.45, 7) is 20.3. The first-order valence-electron chi connectivity index (χ1n) is 12.2. The van der Waals surface area contributed by atoms with E-state index >= 15 is 0 Å². The highest BCUT2D eigenvalue weighted by Crippen LogP contribution is 2.24. The lowest BCUT2D eigenvalue weighted by molar-refractivity contribution is 0.295. The predicted molar refractivity (Wildman–Crippen MR) is 151 cm³/mol. The van der Waals surface area contributed by atoms with Crippen LogP contribution < -0.4 is 16.0 Å². The first-order valence-corrected chi connectivity index (χ1v) is 12.9. The predicted octanol–water partition coefficient (Wildman–Crippen LogP) is 8.34. The van der Waals surface area contributed by atoms with E-state index in [1.54, 1.807) is 16.7 Å². The molecule has 1 heterocycles. The molecule has 0 aliphatic heterocycles. The summed E-state index contributed by atoms with van der Waals surface area (Å²) in [7, 11) is 0. The molecule has 2 N–H and O–H groups in total. The van der Waals surface area contributed by atoms with E-state index in [9.17, 15) is 13.6 Å². The number of nitrogens with two attached hydrogens (primary N) is 1. The molecule has 0 radical (unpaired) electrons. The van der Waals surface area contributed by atoms with Gasteiger partial charge in [0.1, 0.15) is 28.5 Å². The average Bonchev–Trinajstić information content (AvgIpc) is 2.84. The van der Waals surface area contributed by atoms with Crippen LogP contribution in [0.25, 0.3) is 0 Å². The minimum absolute atomic E-state index is 0.0904. The average molecular weight is 560 g/mol. The summed E-state index contributed by atoms with van der Waals surface area (Å²) in [6.07, 6.45) is 7.58. The van der Waals surface area contributed by atoms with Gasteiger partial charge >= 0.3 is 0 Å². The van der Waals surface area contributed by atoms with Crippen molar-refractivity contribution in [3.8, 4) is 5.75 Å². The number of nitrogens with zero attached hydrogens (tertiary/aromatic N) is 1. The third kappa shape index (κ3) is 16.1. The van der Waals surface area contributed by atoms with Crippen molar-refractivity contribution >= 4 is 15.9 Å². The second-order valence-corrected chi connectivity index (χ2v) is 7.22. The molecule has 2 aromatic rings. The van der Waals surface area contributed by atoms with Gasteiger partial charge in [-0.25, -0.2) is 8.78 Å². The van der Waals surface area contributed by atoms with Gasteiger partial charge in [0.05, 0.1) is 0 Å². The van der Waals surface area contributed by atoms with E-state index in [0.717, 1.165) is 31.1 Å². The van der Waals surface area contributed by atoms with Crippen LogP contribution in [0.5, 0.6) is 5.75 Å². The summed E-state index contributed by atoms with van der Waals surface area (Å²) in [5.74, 6) is -0.978. The highest BCUT2D eigenvalue weighted by atomic mass is 79.9. The quantitative estimate of drug-likeness (QED) is 0.347. The van der Waals surface area contributed by atoms with Crippen LogP contribution in [0.4, 0.5) is 8.78 Å². The molecule has 0 fully saturated rings. The van der Waals surface area contributed by atoms with Crippen LogP contribution in [-0.4, -0.2) is 11.1 Å². The van der Waals surface area contributed by atoms with Crippen molar-refractivity contribution in [2.24, 2.45) is 5.73 Å². The minimum Gasteiger partial charge on any atom is -0.487 e. The Morgan fingerprint density at radius 2 is 1.66 bits per heavy atom. The van der Waals surface area contributed by atoms with Gasteiger partial charge < -0.3 is 15.0 Å². The molecular weight excluding hydrogens is 514 g/mol. The number of aromatic nitrogens is 1. The summed E-state index contributed by atoms with van der Waals surface area (Å²) in [5.41, 5.74) is 5.63. The molecule has 0 spiro atoms. The number of hydrogen-bond acceptors (Lipinski definition) is 3. The van der Waals surface area contributed by atoms with E-state index in [-0.39, 0.29) is 17.7 Å². The number of ether oxygens (including phenoxy) is 1. The van der Waals surface area contributed by atoms with Gasteiger partial charge in [-0.1, -0.05) is 59.8 Å². The molecule has 0 atom stereocenters. The molecule has 0 saturated carbocycles. The zero-order valence-corrected chi connectivity index (χ0v) is 24.3. The number of rotatable bonds is 7. The standard InChI is InChI=1S/C19H20BrF2NO2.C3H6.C2H7N.2C2H6/c1-3-4-5-6-9-23-13(2)10-17(18(20)19(23)24)25-12-14-7-8-15(21)11-16(14)22;1-3-2;1-2-3;2*1-2/h4-5,7-8,10-11H,3,6,9,12H2,1-2H3;3H,1H2,2H3;2-3H2,1H3;2*1-2H3/b5-4-;;;;. The summed E-state index contributed by atoms with van der Waals surface area (Å²) >= 11 is 3.26. The monoisotopic (exact) mass is 558 g/mol. The number of halogens is 3. The third-order valence-corrected chi connectivity index (χ3v) is 4.46. The van der Waals surface area contributed by atoms with Crippen molar-refractivity contribution in [1.82, 2.24) is 4.57 Å². The SMILES string of the molecule is C=CC.CC.CC.CC/C=C\CCn1c(C)cc(OCc2ccc(F)cc2F)c(Br)c1=O.CCN. The van der Waals surface area contributed by atoms with Crippen molar-refractivity contribution in [2.75, 3.05) is 6.54 Å². The number of benzene rings is 1. The molecule has 0 saturated heterocycles. The maximum Gasteiger partial charge on any atom is 0.268 e. The van der Waals surface area contributed by atoms with Gasteiger partial charge in [-0.05, 0) is 61.3 Å². The topological polar surface area (TPSA) is 57.2 Å². The van der Waals surface area contributed by atoms with Crippen LogP contribution in [0.2, 0.25) is 0 Å². The van der Waals surface area contributed by atoms with Crippen LogP contribution in [0.1, 0.15) is 72.6 Å². The maximum absolute atomic E-state index is 13.7. The van der Waals surface area contributed by atoms with Gasteiger partial charge in [-0.15, -0.1) is 6.58 Å². The Bertz CT molecular complexity index is 897. The smallest absolute Gasteiger partial charge is 0.268 e. The molecule has 1 aromatic carbocycles. The normalized spacial score (nSPS) is 9.26. The summed E-state index contributed by atoms with van der Waals surface area (Å²) in [5, 5.41) is 0. The number of aryl methyl sites for hydroxylation is 1. The van der Waals surface area contributed by atoms with Crippen molar-refractivity contribution in [2.45, 2.75) is 81.4 Å². The van der Waals surface area contributed by atoms with Crippen molar-refractivity contribution in [3.05, 3.63) is 86.8 Å². The fraction of sp³-hybridized carbons (Fsp3) is 0.464. The van der Waals surface area contributed by atoms with Gasteiger partial charge in [0.25, 0.3) is 5.56 Å². The van der Waals surface area contributed by atoms with Gasteiger partial charge in [-0.2, -0.15) is 0 Å². The first-order chi connectivity index (χ1) is 16.8. The highest BCUT2D eigenvalue weighted by molar-refractivity contribution is 9.10. The Morgan fingerprint density at radius 1 is 1.11 bits per heavy atom. The Hall–Kier alpha value is -2.25. The third-order valence-electron chi connectivity index (χ3n) is 3.74. The summed E-state index contributed by atoms with van der Waals surface area (Å²) < 4.78 is 34.1. The summed E-state index contributed by atoms with van der Waals surface area (Å²) in [6, 6.07) is 5.04. The lowest BCUT2D eigenvalue weighted by atomic mass is 10.2. The van der Waals surface area contributed by atoms with E-state index in [0.29, 0.717) is 16.8 Å². The number of hydrogen-bond donors (Lipinski definition) is 1. The zero-order valence-electron chi connectivity index (χ0n) is 22.8. The second kappa shape index (κ2) is 24.9. The van der Waals surface area contributed by atoms with Crippen LogP contribution in [-0.2, 0) is 13.2 Å². The Balaban J connectivity index is -0.000000891. The molecule has 2 rings (SSSR count). The molecule has 7 heteroatoms. The van der Waals surface area contributed by atoms with Gasteiger partial charge in [0, 0.05) is 29.9 Å². The molecule has 35 heavy (non-hydrogen) atoms. The lowest BCUT2D eigenvalue weighted by Crippen LogP contribution is -2.23. The van der Waals surface area contributed by atoms with E-state index in [2.05, 4.69) is 35.5 Å². The summed E-state index contributed by atoms with van der Waals surface area (Å²) in [4.78, 5) is 12.5. The fourth-order valence-corrected chi connectivity index (χ4v) is 2.82. The van der Waals surface area contributed by atoms with E-state index < -0.39 is 11.6 Å². The molecule has 0 unspecified atom stereocenters. The van der Waals surface area contributed by atoms with E-state index in [4.69, 9.17) is 10.5 Å². The second-order valence-electron chi connectivity index (χ2n) is 6.43.